The lowest BCUT2D eigenvalue weighted by Crippen LogP contribution is -2.38. The Kier molecular flexibility index (Phi) is 5.23. The first kappa shape index (κ1) is 18.0. The standard InChI is InChI=1S/C21H22N6O/c1-15-22-11-6-18(25-15)21(28)27-12-7-16(8-13-27)17-5-10-24-20(14-17)26-19-4-2-3-9-23-19/h2-6,9-11,14,16H,7-8,12-13H2,1H3,(H,23,24,26). The van der Waals surface area contributed by atoms with Crippen LogP contribution in [0.15, 0.2) is 55.0 Å². The monoisotopic (exact) mass is 374 g/mol. The minimum atomic E-state index is -0.0174. The molecule has 4 rings (SSSR count). The second kappa shape index (κ2) is 8.12. The number of amides is 1. The Bertz CT molecular complexity index is 954. The maximum atomic E-state index is 12.7. The van der Waals surface area contributed by atoms with Gasteiger partial charge in [-0.05, 0) is 61.6 Å². The topological polar surface area (TPSA) is 83.9 Å². The summed E-state index contributed by atoms with van der Waals surface area (Å²) in [5.74, 6) is 2.56. The number of pyridine rings is 2. The van der Waals surface area contributed by atoms with Gasteiger partial charge in [-0.2, -0.15) is 0 Å². The van der Waals surface area contributed by atoms with Gasteiger partial charge < -0.3 is 10.2 Å². The zero-order valence-corrected chi connectivity index (χ0v) is 15.7. The summed E-state index contributed by atoms with van der Waals surface area (Å²) in [5, 5.41) is 3.24. The molecule has 0 saturated carbocycles. The van der Waals surface area contributed by atoms with E-state index in [1.807, 2.05) is 29.3 Å². The van der Waals surface area contributed by atoms with E-state index >= 15 is 0 Å². The van der Waals surface area contributed by atoms with Crippen molar-refractivity contribution < 1.29 is 4.79 Å². The minimum Gasteiger partial charge on any atom is -0.337 e. The Morgan fingerprint density at radius 2 is 1.79 bits per heavy atom. The smallest absolute Gasteiger partial charge is 0.272 e. The van der Waals surface area contributed by atoms with Crippen molar-refractivity contribution in [2.75, 3.05) is 18.4 Å². The van der Waals surface area contributed by atoms with Crippen LogP contribution in [0.3, 0.4) is 0 Å². The van der Waals surface area contributed by atoms with Gasteiger partial charge in [-0.1, -0.05) is 6.07 Å². The third-order valence-electron chi connectivity index (χ3n) is 4.95. The predicted octanol–water partition coefficient (Wildman–Crippen LogP) is 3.34. The number of rotatable bonds is 4. The van der Waals surface area contributed by atoms with Crippen molar-refractivity contribution in [1.29, 1.82) is 0 Å². The fourth-order valence-corrected chi connectivity index (χ4v) is 3.49. The lowest BCUT2D eigenvalue weighted by atomic mass is 9.90. The SMILES string of the molecule is Cc1nccc(C(=O)N2CCC(c3ccnc(Nc4ccccn4)c3)CC2)n1. The van der Waals surface area contributed by atoms with E-state index in [1.54, 1.807) is 25.4 Å². The molecule has 3 aromatic heterocycles. The molecule has 7 heteroatoms. The van der Waals surface area contributed by atoms with Crippen molar-refractivity contribution in [2.45, 2.75) is 25.7 Å². The summed E-state index contributed by atoms with van der Waals surface area (Å²) in [6.07, 6.45) is 7.04. The molecular weight excluding hydrogens is 352 g/mol. The molecule has 1 aliphatic rings. The van der Waals surface area contributed by atoms with Crippen LogP contribution in [0, 0.1) is 6.92 Å². The van der Waals surface area contributed by atoms with Gasteiger partial charge in [0.1, 0.15) is 23.2 Å². The lowest BCUT2D eigenvalue weighted by molar-refractivity contribution is 0.0706. The summed E-state index contributed by atoms with van der Waals surface area (Å²) in [6.45, 7) is 3.23. The Morgan fingerprint density at radius 3 is 2.54 bits per heavy atom. The highest BCUT2D eigenvalue weighted by Crippen LogP contribution is 2.29. The predicted molar refractivity (Wildman–Crippen MR) is 106 cm³/mol. The van der Waals surface area contributed by atoms with Gasteiger partial charge in [0.2, 0.25) is 0 Å². The first-order valence-corrected chi connectivity index (χ1v) is 9.42. The maximum Gasteiger partial charge on any atom is 0.272 e. The van der Waals surface area contributed by atoms with Gasteiger partial charge in [-0.3, -0.25) is 4.79 Å². The molecule has 1 aliphatic heterocycles. The van der Waals surface area contributed by atoms with Gasteiger partial charge in [-0.25, -0.2) is 19.9 Å². The van der Waals surface area contributed by atoms with Crippen LogP contribution in [-0.2, 0) is 0 Å². The molecule has 0 aliphatic carbocycles. The van der Waals surface area contributed by atoms with E-state index in [2.05, 4.69) is 37.4 Å². The summed E-state index contributed by atoms with van der Waals surface area (Å²) < 4.78 is 0. The summed E-state index contributed by atoms with van der Waals surface area (Å²) in [4.78, 5) is 31.5. The Hall–Kier alpha value is -3.35. The number of hydrogen-bond donors (Lipinski definition) is 1. The molecule has 1 fully saturated rings. The number of piperidine rings is 1. The fourth-order valence-electron chi connectivity index (χ4n) is 3.49. The molecule has 0 aromatic carbocycles. The Morgan fingerprint density at radius 1 is 1.00 bits per heavy atom. The number of aryl methyl sites for hydroxylation is 1. The molecule has 28 heavy (non-hydrogen) atoms. The van der Waals surface area contributed by atoms with Crippen LogP contribution in [0.25, 0.3) is 0 Å². The second-order valence-corrected chi connectivity index (χ2v) is 6.87. The maximum absolute atomic E-state index is 12.7. The van der Waals surface area contributed by atoms with Crippen molar-refractivity contribution in [3.63, 3.8) is 0 Å². The zero-order valence-electron chi connectivity index (χ0n) is 15.7. The molecule has 0 unspecified atom stereocenters. The average Bonchev–Trinajstić information content (AvgIpc) is 2.74. The molecule has 0 bridgehead atoms. The highest BCUT2D eigenvalue weighted by Gasteiger charge is 2.25. The van der Waals surface area contributed by atoms with E-state index in [-0.39, 0.29) is 5.91 Å². The van der Waals surface area contributed by atoms with E-state index in [0.717, 1.165) is 37.6 Å². The van der Waals surface area contributed by atoms with Gasteiger partial charge in [0.25, 0.3) is 5.91 Å². The van der Waals surface area contributed by atoms with Crippen molar-refractivity contribution in [2.24, 2.45) is 0 Å². The van der Waals surface area contributed by atoms with Crippen LogP contribution in [0.1, 0.15) is 40.6 Å². The van der Waals surface area contributed by atoms with Gasteiger partial charge in [0.15, 0.2) is 0 Å². The van der Waals surface area contributed by atoms with Gasteiger partial charge in [0, 0.05) is 31.7 Å². The lowest BCUT2D eigenvalue weighted by Gasteiger charge is -2.32. The van der Waals surface area contributed by atoms with E-state index in [0.29, 0.717) is 17.4 Å². The van der Waals surface area contributed by atoms with Crippen LogP contribution in [0.2, 0.25) is 0 Å². The number of hydrogen-bond acceptors (Lipinski definition) is 6. The molecule has 7 nitrogen and oxygen atoms in total. The largest absolute Gasteiger partial charge is 0.337 e. The summed E-state index contributed by atoms with van der Waals surface area (Å²) in [7, 11) is 0. The molecule has 1 amide bonds. The molecule has 4 heterocycles. The Labute approximate surface area is 163 Å². The highest BCUT2D eigenvalue weighted by molar-refractivity contribution is 5.92. The zero-order chi connectivity index (χ0) is 19.3. The van der Waals surface area contributed by atoms with Gasteiger partial charge in [0.05, 0.1) is 0 Å². The fraction of sp³-hybridized carbons (Fsp3) is 0.286. The third-order valence-corrected chi connectivity index (χ3v) is 4.95. The average molecular weight is 374 g/mol. The number of aromatic nitrogens is 4. The molecule has 1 N–H and O–H groups in total. The minimum absolute atomic E-state index is 0.0174. The van der Waals surface area contributed by atoms with Crippen LogP contribution >= 0.6 is 0 Å². The Balaban J connectivity index is 1.40. The molecule has 0 radical (unpaired) electrons. The van der Waals surface area contributed by atoms with Crippen LogP contribution in [0.5, 0.6) is 0 Å². The highest BCUT2D eigenvalue weighted by atomic mass is 16.2. The molecule has 0 atom stereocenters. The van der Waals surface area contributed by atoms with Crippen LogP contribution < -0.4 is 5.32 Å². The summed E-state index contributed by atoms with van der Waals surface area (Å²) in [5.41, 5.74) is 1.70. The number of likely N-dealkylation sites (tertiary alicyclic amines) is 1. The van der Waals surface area contributed by atoms with Crippen LogP contribution in [0.4, 0.5) is 11.6 Å². The first-order chi connectivity index (χ1) is 13.7. The van der Waals surface area contributed by atoms with E-state index < -0.39 is 0 Å². The molecular formula is C21H22N6O. The first-order valence-electron chi connectivity index (χ1n) is 9.42. The molecule has 142 valence electrons. The number of carbonyl (C=O) groups is 1. The number of carbonyl (C=O) groups excluding carboxylic acids is 1. The molecule has 3 aromatic rings. The van der Waals surface area contributed by atoms with E-state index in [9.17, 15) is 4.79 Å². The van der Waals surface area contributed by atoms with Gasteiger partial charge >= 0.3 is 0 Å². The third kappa shape index (κ3) is 4.14. The number of nitrogens with one attached hydrogen (secondary N) is 1. The summed E-state index contributed by atoms with van der Waals surface area (Å²) >= 11 is 0. The molecule has 1 saturated heterocycles. The van der Waals surface area contributed by atoms with Gasteiger partial charge in [-0.15, -0.1) is 0 Å². The normalized spacial score (nSPS) is 14.7. The summed E-state index contributed by atoms with van der Waals surface area (Å²) in [6, 6.07) is 11.5. The number of anilines is 2. The van der Waals surface area contributed by atoms with E-state index in [4.69, 9.17) is 0 Å². The van der Waals surface area contributed by atoms with Crippen molar-refractivity contribution in [3.8, 4) is 0 Å². The number of nitrogens with zero attached hydrogens (tertiary/aromatic N) is 5. The second-order valence-electron chi connectivity index (χ2n) is 6.87. The quantitative estimate of drug-likeness (QED) is 0.754. The van der Waals surface area contributed by atoms with Crippen molar-refractivity contribution >= 4 is 17.5 Å². The van der Waals surface area contributed by atoms with Crippen molar-refractivity contribution in [3.05, 3.63) is 72.1 Å². The van der Waals surface area contributed by atoms with E-state index in [1.165, 1.54) is 5.56 Å². The molecule has 0 spiro atoms. The van der Waals surface area contributed by atoms with Crippen LogP contribution in [-0.4, -0.2) is 43.8 Å². The van der Waals surface area contributed by atoms with Crippen molar-refractivity contribution in [1.82, 2.24) is 24.8 Å².